The largest absolute Gasteiger partial charge is 0.379 e. The van der Waals surface area contributed by atoms with Crippen molar-refractivity contribution >= 4 is 11.4 Å². The molecule has 4 fully saturated rings. The van der Waals surface area contributed by atoms with E-state index in [4.69, 9.17) is 19.3 Å². The van der Waals surface area contributed by atoms with Crippen LogP contribution in [0.3, 0.4) is 0 Å². The Labute approximate surface area is 206 Å². The normalized spacial score (nSPS) is 32.8. The van der Waals surface area contributed by atoms with E-state index in [2.05, 4.69) is 19.8 Å². The van der Waals surface area contributed by atoms with Gasteiger partial charge in [-0.25, -0.2) is 10.1 Å². The van der Waals surface area contributed by atoms with Crippen molar-refractivity contribution in [1.29, 1.82) is 0 Å². The van der Waals surface area contributed by atoms with Gasteiger partial charge in [0, 0.05) is 45.3 Å². The molecule has 5 rings (SSSR count). The molecule has 35 heavy (non-hydrogen) atoms. The quantitative estimate of drug-likeness (QED) is 0.316. The van der Waals surface area contributed by atoms with E-state index >= 15 is 0 Å². The number of ether oxygens (including phenoxy) is 3. The van der Waals surface area contributed by atoms with Gasteiger partial charge in [0.15, 0.2) is 5.71 Å². The van der Waals surface area contributed by atoms with E-state index in [1.807, 2.05) is 0 Å². The second kappa shape index (κ2) is 11.7. The van der Waals surface area contributed by atoms with Gasteiger partial charge in [0.25, 0.3) is 0 Å². The van der Waals surface area contributed by atoms with Crippen LogP contribution >= 0.6 is 0 Å². The molecule has 2 unspecified atom stereocenters. The molecule has 2 atom stereocenters. The first-order valence-corrected chi connectivity index (χ1v) is 12.7. The summed E-state index contributed by atoms with van der Waals surface area (Å²) in [5, 5.41) is 20.5. The van der Waals surface area contributed by atoms with Crippen molar-refractivity contribution in [3.8, 4) is 0 Å². The van der Waals surface area contributed by atoms with E-state index in [0.29, 0.717) is 11.8 Å². The van der Waals surface area contributed by atoms with E-state index in [1.165, 1.54) is 12.2 Å². The van der Waals surface area contributed by atoms with Gasteiger partial charge in [-0.15, -0.1) is 5.10 Å². The number of hydrogen-bond acceptors (Lipinski definition) is 10. The number of nitro groups is 1. The van der Waals surface area contributed by atoms with Crippen LogP contribution in [0.15, 0.2) is 34.1 Å². The highest BCUT2D eigenvalue weighted by Crippen LogP contribution is 2.30. The molecule has 190 valence electrons. The monoisotopic (exact) mass is 487 g/mol. The summed E-state index contributed by atoms with van der Waals surface area (Å²) >= 11 is 0. The molecule has 0 amide bonds. The third kappa shape index (κ3) is 5.99. The Hall–Kier alpha value is -2.15. The lowest BCUT2D eigenvalue weighted by Gasteiger charge is -2.49. The van der Waals surface area contributed by atoms with Crippen molar-refractivity contribution in [2.45, 2.75) is 31.0 Å². The fourth-order valence-corrected chi connectivity index (χ4v) is 5.66. The Morgan fingerprint density at radius 2 is 1.31 bits per heavy atom. The van der Waals surface area contributed by atoms with Crippen molar-refractivity contribution in [3.05, 3.63) is 40.5 Å². The first-order valence-electron chi connectivity index (χ1n) is 12.7. The fraction of sp³-hybridized carbons (Fsp3) is 0.708. The number of morpholine rings is 3. The molecular formula is C24H35N6O5+. The Bertz CT molecular complexity index is 842. The molecule has 2 aliphatic carbocycles. The lowest BCUT2D eigenvalue weighted by atomic mass is 9.82. The van der Waals surface area contributed by atoms with E-state index in [0.717, 1.165) is 97.5 Å². The zero-order valence-electron chi connectivity index (χ0n) is 20.2. The highest BCUT2D eigenvalue weighted by Gasteiger charge is 2.43. The Kier molecular flexibility index (Phi) is 8.22. The molecule has 5 aliphatic rings. The van der Waals surface area contributed by atoms with Crippen molar-refractivity contribution in [1.82, 2.24) is 14.7 Å². The van der Waals surface area contributed by atoms with Crippen molar-refractivity contribution in [2.75, 3.05) is 78.9 Å². The topological polar surface area (TPSA) is 105 Å². The highest BCUT2D eigenvalue weighted by molar-refractivity contribution is 6.05. The molecule has 1 saturated carbocycles. The number of allylic oxidation sites excluding steroid dienone is 3. The van der Waals surface area contributed by atoms with Crippen LogP contribution in [0.1, 0.15) is 12.8 Å². The summed E-state index contributed by atoms with van der Waals surface area (Å²) in [6, 6.07) is 0.809. The minimum Gasteiger partial charge on any atom is -0.379 e. The Balaban J connectivity index is 1.44. The first kappa shape index (κ1) is 24.5. The van der Waals surface area contributed by atoms with Gasteiger partial charge in [0.1, 0.15) is 17.1 Å². The van der Waals surface area contributed by atoms with E-state index in [9.17, 15) is 10.1 Å². The van der Waals surface area contributed by atoms with E-state index in [-0.39, 0.29) is 17.8 Å². The molecule has 0 bridgehead atoms. The van der Waals surface area contributed by atoms with Gasteiger partial charge in [-0.1, -0.05) is 0 Å². The van der Waals surface area contributed by atoms with Crippen LogP contribution in [-0.4, -0.2) is 128 Å². The maximum absolute atomic E-state index is 11.0. The predicted octanol–water partition coefficient (Wildman–Crippen LogP) is 0.614. The minimum absolute atomic E-state index is 0.0556. The standard InChI is InChI=1S/C24H35N6O5/c31-30(32)20-3-1-19(2-4-20)25-26-24-22(28-7-13-34-14-8-28)17-21(27-5-11-33-12-6-27)18-23(24)29-9-15-35-16-10-29/h1-4,21-23H,5-18H2/q+1. The van der Waals surface area contributed by atoms with Crippen LogP contribution < -0.4 is 0 Å². The summed E-state index contributed by atoms with van der Waals surface area (Å²) in [7, 11) is 0. The average molecular weight is 488 g/mol. The second-order valence-electron chi connectivity index (χ2n) is 9.50. The number of nitrogens with zero attached hydrogens (tertiary/aromatic N) is 6. The van der Waals surface area contributed by atoms with Crippen LogP contribution in [0.4, 0.5) is 0 Å². The van der Waals surface area contributed by atoms with Crippen molar-refractivity contribution in [3.63, 3.8) is 0 Å². The Morgan fingerprint density at radius 3 is 1.77 bits per heavy atom. The molecule has 0 radical (unpaired) electrons. The van der Waals surface area contributed by atoms with Gasteiger partial charge in [-0.05, 0) is 12.8 Å². The average Bonchev–Trinajstić information content (AvgIpc) is 2.93. The van der Waals surface area contributed by atoms with Crippen LogP contribution in [0.5, 0.6) is 0 Å². The molecule has 0 N–H and O–H groups in total. The molecule has 0 spiro atoms. The van der Waals surface area contributed by atoms with Gasteiger partial charge in [0.05, 0.1) is 69.9 Å². The van der Waals surface area contributed by atoms with Gasteiger partial charge in [0.2, 0.25) is 0 Å². The van der Waals surface area contributed by atoms with Crippen molar-refractivity contribution in [2.24, 2.45) is 10.2 Å². The van der Waals surface area contributed by atoms with Crippen molar-refractivity contribution < 1.29 is 19.1 Å². The maximum Gasteiger partial charge on any atom is 0.369 e. The number of hydrogen-bond donors (Lipinski definition) is 0. The van der Waals surface area contributed by atoms with E-state index < -0.39 is 4.92 Å². The molecule has 0 aromatic carbocycles. The summed E-state index contributed by atoms with van der Waals surface area (Å²) in [6.07, 6.45) is 8.30. The zero-order chi connectivity index (χ0) is 24.0. The molecule has 3 saturated heterocycles. The minimum atomic E-state index is -0.397. The lowest BCUT2D eigenvalue weighted by molar-refractivity contribution is -0.419. The first-order chi connectivity index (χ1) is 17.2. The van der Waals surface area contributed by atoms with Gasteiger partial charge in [-0.3, -0.25) is 14.7 Å². The van der Waals surface area contributed by atoms with Gasteiger partial charge in [-0.2, -0.15) is 5.10 Å². The fourth-order valence-electron chi connectivity index (χ4n) is 5.66. The molecule has 11 nitrogen and oxygen atoms in total. The maximum atomic E-state index is 11.0. The molecule has 3 aliphatic heterocycles. The summed E-state index contributed by atoms with van der Waals surface area (Å²) in [5.41, 5.74) is 1.77. The summed E-state index contributed by atoms with van der Waals surface area (Å²) < 4.78 is 16.9. The Morgan fingerprint density at radius 1 is 0.800 bits per heavy atom. The van der Waals surface area contributed by atoms with Crippen LogP contribution in [-0.2, 0) is 14.2 Å². The van der Waals surface area contributed by atoms with Crippen LogP contribution in [0.25, 0.3) is 0 Å². The summed E-state index contributed by atoms with van der Waals surface area (Å²) in [5.74, 6) is 0. The third-order valence-corrected chi connectivity index (χ3v) is 7.55. The number of rotatable bonds is 5. The summed E-state index contributed by atoms with van der Waals surface area (Å²) in [6.45, 7) is 9.96. The third-order valence-electron chi connectivity index (χ3n) is 7.55. The zero-order valence-corrected chi connectivity index (χ0v) is 20.2. The SMILES string of the molecule is O=[N+]([O-])C1=C[CH+]/C(=N/N=C2C(N3CCOCC3)CC(N3CCOCC3)CC2N2CCOCC2)C=C1. The second-order valence-corrected chi connectivity index (χ2v) is 9.50. The van der Waals surface area contributed by atoms with Crippen LogP contribution in [0.2, 0.25) is 0 Å². The van der Waals surface area contributed by atoms with Gasteiger partial charge >= 0.3 is 5.70 Å². The highest BCUT2D eigenvalue weighted by atomic mass is 16.6. The predicted molar refractivity (Wildman–Crippen MR) is 131 cm³/mol. The van der Waals surface area contributed by atoms with Gasteiger partial charge < -0.3 is 14.2 Å². The smallest absolute Gasteiger partial charge is 0.369 e. The molecular weight excluding hydrogens is 452 g/mol. The molecule has 11 heteroatoms. The summed E-state index contributed by atoms with van der Waals surface area (Å²) in [4.78, 5) is 18.2. The molecule has 0 aromatic rings. The molecule has 0 aromatic heterocycles. The molecule has 3 heterocycles. The van der Waals surface area contributed by atoms with Crippen LogP contribution in [0, 0.1) is 16.5 Å². The van der Waals surface area contributed by atoms with E-state index in [1.54, 1.807) is 12.5 Å². The lowest BCUT2D eigenvalue weighted by Crippen LogP contribution is -2.63.